The zero-order chi connectivity index (χ0) is 14.0. The average Bonchev–Trinajstić information content (AvgIpc) is 2.51. The van der Waals surface area contributed by atoms with Gasteiger partial charge < -0.3 is 0 Å². The van der Waals surface area contributed by atoms with Crippen LogP contribution in [-0.4, -0.2) is 0 Å². The maximum atomic E-state index is 2.40. The lowest BCUT2D eigenvalue weighted by Gasteiger charge is -2.05. The van der Waals surface area contributed by atoms with Crippen molar-refractivity contribution in [3.8, 4) is 0 Å². The maximum absolute atomic E-state index is 2.40. The number of hydrogen-bond donors (Lipinski definition) is 0. The first-order valence-electron chi connectivity index (χ1n) is 8.00. The topological polar surface area (TPSA) is 0 Å². The highest BCUT2D eigenvalue weighted by Crippen LogP contribution is 2.12. The van der Waals surface area contributed by atoms with Crippen LogP contribution < -0.4 is 0 Å². The number of unbranched alkanes of at least 4 members (excludes halogenated alkanes) is 2. The largest absolute Gasteiger partial charge is 0.0654 e. The molecule has 2 aromatic rings. The quantitative estimate of drug-likeness (QED) is 0.546. The fourth-order valence-corrected chi connectivity index (χ4v) is 2.62. The lowest BCUT2D eigenvalue weighted by atomic mass is 10.0. The first-order chi connectivity index (χ1) is 9.88. The standard InChI is InChI=1S/C20H26/c1-2-3-10-19-15-9-16-20(17-19)14-8-7-13-18-11-5-4-6-12-18/h4-6,9,11-12,15-17H,2-3,7-8,10,13-14H2,1H3. The van der Waals surface area contributed by atoms with Gasteiger partial charge in [-0.3, -0.25) is 0 Å². The molecule has 0 spiro atoms. The van der Waals surface area contributed by atoms with Gasteiger partial charge in [0.25, 0.3) is 0 Å². The molecule has 0 aromatic heterocycles. The van der Waals surface area contributed by atoms with Gasteiger partial charge in [0.05, 0.1) is 0 Å². The summed E-state index contributed by atoms with van der Waals surface area (Å²) in [5.74, 6) is 0. The van der Waals surface area contributed by atoms with Gasteiger partial charge in [0.2, 0.25) is 0 Å². The van der Waals surface area contributed by atoms with E-state index in [1.165, 1.54) is 61.6 Å². The summed E-state index contributed by atoms with van der Waals surface area (Å²) in [6.45, 7) is 2.26. The minimum atomic E-state index is 1.20. The van der Waals surface area contributed by atoms with Crippen molar-refractivity contribution in [1.29, 1.82) is 0 Å². The zero-order valence-corrected chi connectivity index (χ0v) is 12.6. The van der Waals surface area contributed by atoms with Crippen molar-refractivity contribution in [2.75, 3.05) is 0 Å². The molecule has 2 aromatic carbocycles. The molecule has 106 valence electrons. The van der Waals surface area contributed by atoms with Gasteiger partial charge in [0.1, 0.15) is 0 Å². The average molecular weight is 266 g/mol. The van der Waals surface area contributed by atoms with E-state index < -0.39 is 0 Å². The predicted molar refractivity (Wildman–Crippen MR) is 88.1 cm³/mol. The molecular formula is C20H26. The second-order valence-corrected chi connectivity index (χ2v) is 5.62. The number of hydrogen-bond acceptors (Lipinski definition) is 0. The minimum Gasteiger partial charge on any atom is -0.0654 e. The molecule has 0 atom stereocenters. The van der Waals surface area contributed by atoms with Gasteiger partial charge in [0.15, 0.2) is 0 Å². The Balaban J connectivity index is 1.73. The smallest absolute Gasteiger partial charge is 0.0279 e. The first-order valence-corrected chi connectivity index (χ1v) is 8.00. The molecule has 0 radical (unpaired) electrons. The molecule has 0 heteroatoms. The third-order valence-corrected chi connectivity index (χ3v) is 3.83. The highest BCUT2D eigenvalue weighted by Gasteiger charge is 1.98. The van der Waals surface area contributed by atoms with Crippen molar-refractivity contribution in [3.05, 3.63) is 71.3 Å². The van der Waals surface area contributed by atoms with Crippen LogP contribution >= 0.6 is 0 Å². The Kier molecular flexibility index (Phi) is 6.37. The maximum Gasteiger partial charge on any atom is -0.0279 e. The fourth-order valence-electron chi connectivity index (χ4n) is 2.62. The molecule has 0 amide bonds. The molecular weight excluding hydrogens is 240 g/mol. The van der Waals surface area contributed by atoms with Crippen molar-refractivity contribution < 1.29 is 0 Å². The van der Waals surface area contributed by atoms with Crippen LogP contribution in [0.5, 0.6) is 0 Å². The summed E-state index contributed by atoms with van der Waals surface area (Å²) in [5, 5.41) is 0. The van der Waals surface area contributed by atoms with Crippen LogP contribution in [0.2, 0.25) is 0 Å². The molecule has 0 unspecified atom stereocenters. The third kappa shape index (κ3) is 5.21. The predicted octanol–water partition coefficient (Wildman–Crippen LogP) is 5.59. The van der Waals surface area contributed by atoms with Gasteiger partial charge in [-0.15, -0.1) is 0 Å². The Hall–Kier alpha value is -1.56. The van der Waals surface area contributed by atoms with E-state index in [-0.39, 0.29) is 0 Å². The van der Waals surface area contributed by atoms with Crippen molar-refractivity contribution in [1.82, 2.24) is 0 Å². The zero-order valence-electron chi connectivity index (χ0n) is 12.6. The normalized spacial score (nSPS) is 10.7. The van der Waals surface area contributed by atoms with Crippen LogP contribution in [0.3, 0.4) is 0 Å². The first kappa shape index (κ1) is 14.8. The van der Waals surface area contributed by atoms with E-state index in [0.717, 1.165) is 0 Å². The van der Waals surface area contributed by atoms with E-state index in [1.807, 2.05) is 0 Å². The summed E-state index contributed by atoms with van der Waals surface area (Å²) in [4.78, 5) is 0. The Morgan fingerprint density at radius 1 is 0.600 bits per heavy atom. The monoisotopic (exact) mass is 266 g/mol. The van der Waals surface area contributed by atoms with E-state index in [1.54, 1.807) is 0 Å². The summed E-state index contributed by atoms with van der Waals surface area (Å²) in [6.07, 6.45) is 8.80. The molecule has 0 saturated heterocycles. The van der Waals surface area contributed by atoms with E-state index in [9.17, 15) is 0 Å². The van der Waals surface area contributed by atoms with Crippen LogP contribution in [0.25, 0.3) is 0 Å². The highest BCUT2D eigenvalue weighted by molar-refractivity contribution is 5.23. The summed E-state index contributed by atoms with van der Waals surface area (Å²) < 4.78 is 0. The summed E-state index contributed by atoms with van der Waals surface area (Å²) in [6, 6.07) is 20.0. The van der Waals surface area contributed by atoms with Crippen LogP contribution in [0.4, 0.5) is 0 Å². The van der Waals surface area contributed by atoms with E-state index >= 15 is 0 Å². The second-order valence-electron chi connectivity index (χ2n) is 5.62. The number of aryl methyl sites for hydroxylation is 3. The minimum absolute atomic E-state index is 1.20. The Morgan fingerprint density at radius 2 is 1.15 bits per heavy atom. The van der Waals surface area contributed by atoms with Gasteiger partial charge in [-0.1, -0.05) is 67.9 Å². The van der Waals surface area contributed by atoms with Gasteiger partial charge in [-0.25, -0.2) is 0 Å². The molecule has 0 aliphatic heterocycles. The SMILES string of the molecule is CCCCc1cccc(CCCCc2ccccc2)c1. The van der Waals surface area contributed by atoms with Crippen molar-refractivity contribution in [2.45, 2.75) is 51.9 Å². The molecule has 0 N–H and O–H groups in total. The van der Waals surface area contributed by atoms with Gasteiger partial charge in [-0.2, -0.15) is 0 Å². The molecule has 0 saturated carbocycles. The second kappa shape index (κ2) is 8.58. The lowest BCUT2D eigenvalue weighted by molar-refractivity contribution is 0.732. The molecule has 0 fully saturated rings. The van der Waals surface area contributed by atoms with Crippen LogP contribution in [-0.2, 0) is 19.3 Å². The van der Waals surface area contributed by atoms with E-state index in [0.29, 0.717) is 0 Å². The number of benzene rings is 2. The summed E-state index contributed by atoms with van der Waals surface area (Å²) in [7, 11) is 0. The summed E-state index contributed by atoms with van der Waals surface area (Å²) >= 11 is 0. The molecule has 20 heavy (non-hydrogen) atoms. The van der Waals surface area contributed by atoms with Crippen LogP contribution in [0.1, 0.15) is 49.3 Å². The molecule has 0 heterocycles. The molecule has 0 bridgehead atoms. The Bertz CT molecular complexity index is 484. The van der Waals surface area contributed by atoms with Crippen LogP contribution in [0, 0.1) is 0 Å². The molecule has 0 aliphatic carbocycles. The van der Waals surface area contributed by atoms with Gasteiger partial charge in [0, 0.05) is 0 Å². The third-order valence-electron chi connectivity index (χ3n) is 3.83. The Labute approximate surface area is 123 Å². The molecule has 0 nitrogen and oxygen atoms in total. The number of rotatable bonds is 8. The van der Waals surface area contributed by atoms with Gasteiger partial charge >= 0.3 is 0 Å². The molecule has 0 aliphatic rings. The summed E-state index contributed by atoms with van der Waals surface area (Å²) in [5.41, 5.74) is 4.48. The van der Waals surface area contributed by atoms with E-state index in [4.69, 9.17) is 0 Å². The highest BCUT2D eigenvalue weighted by atomic mass is 14.0. The van der Waals surface area contributed by atoms with Crippen LogP contribution in [0.15, 0.2) is 54.6 Å². The van der Waals surface area contributed by atoms with Crippen molar-refractivity contribution >= 4 is 0 Å². The fraction of sp³-hybridized carbons (Fsp3) is 0.400. The van der Waals surface area contributed by atoms with E-state index in [2.05, 4.69) is 61.5 Å². The van der Waals surface area contributed by atoms with Crippen molar-refractivity contribution in [3.63, 3.8) is 0 Å². The lowest BCUT2D eigenvalue weighted by Crippen LogP contribution is -1.91. The van der Waals surface area contributed by atoms with Gasteiger partial charge in [-0.05, 0) is 55.2 Å². The van der Waals surface area contributed by atoms with Crippen molar-refractivity contribution in [2.24, 2.45) is 0 Å². The Morgan fingerprint density at radius 3 is 1.80 bits per heavy atom. The molecule has 2 rings (SSSR count).